The van der Waals surface area contributed by atoms with Crippen LogP contribution in [0.1, 0.15) is 47.1 Å². The Bertz CT molecular complexity index is 1390. The second-order valence-electron chi connectivity index (χ2n) is 10.6. The van der Waals surface area contributed by atoms with Gasteiger partial charge in [0.1, 0.15) is 11.5 Å². The van der Waals surface area contributed by atoms with Crippen molar-refractivity contribution < 1.29 is 19.4 Å². The molecule has 0 spiro atoms. The molecule has 43 heavy (non-hydrogen) atoms. The van der Waals surface area contributed by atoms with Crippen LogP contribution in [-0.2, 0) is 19.9 Å². The molecule has 0 fully saturated rings. The van der Waals surface area contributed by atoms with E-state index in [1.807, 2.05) is 127 Å². The standard InChI is InChI=1S/C39H38O4/c1-2-42-38(41)36(37(40)28-35(30-18-8-3-9-19-30)31-20-10-4-11-21-31)29-43-39(32-22-12-5-13-23-32,33-24-14-6-15-25-33)34-26-16-7-17-27-34/h3-27,35-37,40H,2,28-29H2,1H3/t36-,37-/m0/s1. The Morgan fingerprint density at radius 2 is 1.00 bits per heavy atom. The molecule has 218 valence electrons. The molecule has 0 bridgehead atoms. The number of carbonyl (C=O) groups is 1. The van der Waals surface area contributed by atoms with E-state index in [2.05, 4.69) is 24.3 Å². The highest BCUT2D eigenvalue weighted by Gasteiger charge is 2.40. The molecule has 1 N–H and O–H groups in total. The summed E-state index contributed by atoms with van der Waals surface area (Å²) in [6.07, 6.45) is -0.694. The summed E-state index contributed by atoms with van der Waals surface area (Å²) < 4.78 is 12.5. The van der Waals surface area contributed by atoms with Crippen LogP contribution in [0.25, 0.3) is 0 Å². The average Bonchev–Trinajstić information content (AvgIpc) is 3.08. The molecule has 0 aliphatic rings. The minimum Gasteiger partial charge on any atom is -0.466 e. The van der Waals surface area contributed by atoms with Crippen LogP contribution in [0.3, 0.4) is 0 Å². The summed E-state index contributed by atoms with van der Waals surface area (Å²) in [4.78, 5) is 13.5. The van der Waals surface area contributed by atoms with Crippen LogP contribution in [0, 0.1) is 5.92 Å². The summed E-state index contributed by atoms with van der Waals surface area (Å²) in [6.45, 7) is 1.94. The molecule has 5 rings (SSSR count). The molecular formula is C39H38O4. The molecule has 0 amide bonds. The van der Waals surface area contributed by atoms with E-state index in [0.29, 0.717) is 6.42 Å². The summed E-state index contributed by atoms with van der Waals surface area (Å²) in [5.74, 6) is -1.50. The van der Waals surface area contributed by atoms with Crippen LogP contribution in [-0.4, -0.2) is 30.4 Å². The van der Waals surface area contributed by atoms with Gasteiger partial charge in [0.25, 0.3) is 0 Å². The van der Waals surface area contributed by atoms with Crippen molar-refractivity contribution in [3.8, 4) is 0 Å². The predicted molar refractivity (Wildman–Crippen MR) is 171 cm³/mol. The van der Waals surface area contributed by atoms with Crippen molar-refractivity contribution in [1.82, 2.24) is 0 Å². The van der Waals surface area contributed by atoms with Gasteiger partial charge in [-0.25, -0.2) is 0 Å². The van der Waals surface area contributed by atoms with Gasteiger partial charge in [0.15, 0.2) is 0 Å². The second-order valence-corrected chi connectivity index (χ2v) is 10.6. The lowest BCUT2D eigenvalue weighted by molar-refractivity contribution is -0.157. The van der Waals surface area contributed by atoms with Crippen LogP contribution >= 0.6 is 0 Å². The zero-order chi connectivity index (χ0) is 29.9. The Kier molecular flexibility index (Phi) is 10.2. The van der Waals surface area contributed by atoms with E-state index in [0.717, 1.165) is 27.8 Å². The van der Waals surface area contributed by atoms with Crippen LogP contribution in [0.2, 0.25) is 0 Å². The maximum atomic E-state index is 13.5. The number of benzene rings is 5. The third-order valence-corrected chi connectivity index (χ3v) is 7.96. The van der Waals surface area contributed by atoms with E-state index < -0.39 is 23.6 Å². The lowest BCUT2D eigenvalue weighted by atomic mass is 9.79. The minimum absolute atomic E-state index is 0.0466. The highest BCUT2D eigenvalue weighted by Crippen LogP contribution is 2.41. The van der Waals surface area contributed by atoms with Crippen molar-refractivity contribution in [2.75, 3.05) is 13.2 Å². The van der Waals surface area contributed by atoms with Gasteiger partial charge in [-0.2, -0.15) is 0 Å². The third-order valence-electron chi connectivity index (χ3n) is 7.96. The Morgan fingerprint density at radius 3 is 1.37 bits per heavy atom. The Labute approximate surface area is 254 Å². The zero-order valence-corrected chi connectivity index (χ0v) is 24.5. The van der Waals surface area contributed by atoms with E-state index in [9.17, 15) is 9.90 Å². The molecule has 5 aromatic carbocycles. The highest BCUT2D eigenvalue weighted by molar-refractivity contribution is 5.73. The quantitative estimate of drug-likeness (QED) is 0.116. The molecule has 0 aliphatic heterocycles. The van der Waals surface area contributed by atoms with Crippen LogP contribution in [0.5, 0.6) is 0 Å². The van der Waals surface area contributed by atoms with Gasteiger partial charge in [-0.1, -0.05) is 152 Å². The largest absolute Gasteiger partial charge is 0.466 e. The maximum absolute atomic E-state index is 13.5. The molecule has 0 heterocycles. The Balaban J connectivity index is 1.54. The number of hydrogen-bond donors (Lipinski definition) is 1. The summed E-state index contributed by atoms with van der Waals surface area (Å²) in [6, 6.07) is 50.3. The number of ether oxygens (including phenoxy) is 2. The van der Waals surface area contributed by atoms with E-state index >= 15 is 0 Å². The molecule has 4 heteroatoms. The van der Waals surface area contributed by atoms with Crippen LogP contribution in [0.15, 0.2) is 152 Å². The van der Waals surface area contributed by atoms with Crippen molar-refractivity contribution in [3.63, 3.8) is 0 Å². The van der Waals surface area contributed by atoms with Gasteiger partial charge in [-0.3, -0.25) is 4.79 Å². The Hall–Kier alpha value is -4.51. The van der Waals surface area contributed by atoms with Gasteiger partial charge in [0, 0.05) is 5.92 Å². The molecule has 5 aromatic rings. The number of aliphatic hydroxyl groups is 1. The van der Waals surface area contributed by atoms with E-state index in [1.54, 1.807) is 6.92 Å². The number of rotatable bonds is 13. The first kappa shape index (κ1) is 30.0. The SMILES string of the molecule is CCOC(=O)[C@@H](COC(c1ccccc1)(c1ccccc1)c1ccccc1)[C@@H](O)CC(c1ccccc1)c1ccccc1. The Morgan fingerprint density at radius 1 is 0.628 bits per heavy atom. The monoisotopic (exact) mass is 570 g/mol. The lowest BCUT2D eigenvalue weighted by Crippen LogP contribution is -2.40. The normalized spacial score (nSPS) is 12.9. The van der Waals surface area contributed by atoms with Gasteiger partial charge >= 0.3 is 5.97 Å². The van der Waals surface area contributed by atoms with Gasteiger partial charge in [-0.05, 0) is 41.2 Å². The number of esters is 1. The molecular weight excluding hydrogens is 532 g/mol. The molecule has 0 saturated heterocycles. The fraction of sp³-hybridized carbons (Fsp3) is 0.205. The molecule has 4 nitrogen and oxygen atoms in total. The first-order chi connectivity index (χ1) is 21.1. The first-order valence-corrected chi connectivity index (χ1v) is 14.9. The van der Waals surface area contributed by atoms with Crippen LogP contribution < -0.4 is 0 Å². The summed E-state index contributed by atoms with van der Waals surface area (Å²) in [7, 11) is 0. The van der Waals surface area contributed by atoms with E-state index in [4.69, 9.17) is 9.47 Å². The zero-order valence-electron chi connectivity index (χ0n) is 24.5. The minimum atomic E-state index is -1.02. The molecule has 0 aliphatic carbocycles. The first-order valence-electron chi connectivity index (χ1n) is 14.9. The highest BCUT2D eigenvalue weighted by atomic mass is 16.5. The van der Waals surface area contributed by atoms with Crippen molar-refractivity contribution in [2.45, 2.75) is 31.0 Å². The fourth-order valence-electron chi connectivity index (χ4n) is 5.81. The van der Waals surface area contributed by atoms with Gasteiger partial charge in [0.2, 0.25) is 0 Å². The summed E-state index contributed by atoms with van der Waals surface area (Å²) in [5, 5.41) is 11.8. The molecule has 2 atom stereocenters. The average molecular weight is 571 g/mol. The molecule has 0 saturated carbocycles. The second kappa shape index (κ2) is 14.6. The van der Waals surface area contributed by atoms with Gasteiger partial charge in [-0.15, -0.1) is 0 Å². The van der Waals surface area contributed by atoms with Crippen LogP contribution in [0.4, 0.5) is 0 Å². The lowest BCUT2D eigenvalue weighted by Gasteiger charge is -2.37. The number of carbonyl (C=O) groups excluding carboxylic acids is 1. The van der Waals surface area contributed by atoms with Crippen molar-refractivity contribution in [2.24, 2.45) is 5.92 Å². The predicted octanol–water partition coefficient (Wildman–Crippen LogP) is 7.76. The van der Waals surface area contributed by atoms with Crippen molar-refractivity contribution >= 4 is 5.97 Å². The van der Waals surface area contributed by atoms with Crippen molar-refractivity contribution in [3.05, 3.63) is 179 Å². The number of hydrogen-bond acceptors (Lipinski definition) is 4. The summed E-state index contributed by atoms with van der Waals surface area (Å²) in [5.41, 5.74) is 3.90. The van der Waals surface area contributed by atoms with E-state index in [1.165, 1.54) is 0 Å². The molecule has 0 aromatic heterocycles. The topological polar surface area (TPSA) is 55.8 Å². The van der Waals surface area contributed by atoms with E-state index in [-0.39, 0.29) is 19.1 Å². The number of aliphatic hydroxyl groups excluding tert-OH is 1. The third kappa shape index (κ3) is 6.94. The molecule has 0 unspecified atom stereocenters. The van der Waals surface area contributed by atoms with Gasteiger partial charge < -0.3 is 14.6 Å². The fourth-order valence-corrected chi connectivity index (χ4v) is 5.81. The van der Waals surface area contributed by atoms with Crippen molar-refractivity contribution in [1.29, 1.82) is 0 Å². The summed E-state index contributed by atoms with van der Waals surface area (Å²) >= 11 is 0. The molecule has 0 radical (unpaired) electrons. The maximum Gasteiger partial charge on any atom is 0.313 e. The smallest absolute Gasteiger partial charge is 0.313 e. The van der Waals surface area contributed by atoms with Gasteiger partial charge in [0.05, 0.1) is 19.3 Å².